The van der Waals surface area contributed by atoms with Gasteiger partial charge < -0.3 is 14.5 Å². The molecule has 2 aromatic carbocycles. The van der Waals surface area contributed by atoms with Gasteiger partial charge in [-0.3, -0.25) is 14.5 Å². The number of aryl methyl sites for hydroxylation is 1. The zero-order chi connectivity index (χ0) is 22.4. The molecule has 0 atom stereocenters. The summed E-state index contributed by atoms with van der Waals surface area (Å²) < 4.78 is 2.01. The van der Waals surface area contributed by atoms with Gasteiger partial charge in [-0.05, 0) is 39.2 Å². The summed E-state index contributed by atoms with van der Waals surface area (Å²) >= 11 is 0. The van der Waals surface area contributed by atoms with Crippen molar-refractivity contribution in [2.24, 2.45) is 7.05 Å². The second kappa shape index (κ2) is 7.80. The average Bonchev–Trinajstić information content (AvgIpc) is 3.42. The number of fused-ring (bicyclic) bond motifs is 2. The van der Waals surface area contributed by atoms with Crippen LogP contribution in [0.2, 0.25) is 0 Å². The second-order valence-corrected chi connectivity index (χ2v) is 8.59. The monoisotopic (exact) mass is 426 g/mol. The molecule has 2 aromatic heterocycles. The summed E-state index contributed by atoms with van der Waals surface area (Å²) in [5.41, 5.74) is 4.52. The third-order valence-corrected chi connectivity index (χ3v) is 6.18. The van der Waals surface area contributed by atoms with Crippen molar-refractivity contribution < 1.29 is 9.59 Å². The number of carbonyl (C=O) groups excluding carboxylic acids is 2. The molecule has 1 aliphatic rings. The molecule has 4 aromatic rings. The van der Waals surface area contributed by atoms with E-state index in [0.29, 0.717) is 17.7 Å². The number of hydrogen-bond acceptors (Lipinski definition) is 3. The molecule has 0 spiro atoms. The minimum absolute atomic E-state index is 0.217. The van der Waals surface area contributed by atoms with E-state index in [1.807, 2.05) is 86.6 Å². The number of hydrogen-bond donors (Lipinski definition) is 1. The van der Waals surface area contributed by atoms with E-state index in [-0.39, 0.29) is 11.8 Å². The van der Waals surface area contributed by atoms with Crippen LogP contribution in [-0.2, 0) is 16.6 Å². The highest BCUT2D eigenvalue weighted by Crippen LogP contribution is 2.41. The zero-order valence-corrected chi connectivity index (χ0v) is 18.6. The molecule has 5 rings (SSSR count). The van der Waals surface area contributed by atoms with Crippen molar-refractivity contribution in [3.63, 3.8) is 0 Å². The molecule has 0 bridgehead atoms. The quantitative estimate of drug-likeness (QED) is 0.476. The maximum absolute atomic E-state index is 13.7. The summed E-state index contributed by atoms with van der Waals surface area (Å²) in [6, 6.07) is 15.9. The lowest BCUT2D eigenvalue weighted by Gasteiger charge is -2.17. The van der Waals surface area contributed by atoms with Gasteiger partial charge in [-0.15, -0.1) is 0 Å². The molecule has 0 saturated heterocycles. The number of H-pyrrole nitrogens is 1. The number of benzene rings is 2. The molecule has 0 aliphatic carbocycles. The Labute approximate surface area is 186 Å². The Morgan fingerprint density at radius 2 is 1.53 bits per heavy atom. The number of nitrogens with one attached hydrogen (secondary N) is 1. The van der Waals surface area contributed by atoms with E-state index in [9.17, 15) is 9.59 Å². The van der Waals surface area contributed by atoms with Gasteiger partial charge in [0.05, 0.1) is 11.1 Å². The highest BCUT2D eigenvalue weighted by molar-refractivity contribution is 6.50. The van der Waals surface area contributed by atoms with E-state index in [2.05, 4.69) is 9.88 Å². The van der Waals surface area contributed by atoms with Crippen molar-refractivity contribution >= 4 is 44.8 Å². The Morgan fingerprint density at radius 3 is 2.28 bits per heavy atom. The summed E-state index contributed by atoms with van der Waals surface area (Å²) in [4.78, 5) is 34.1. The van der Waals surface area contributed by atoms with Crippen LogP contribution in [0.1, 0.15) is 17.5 Å². The molecule has 1 aliphatic heterocycles. The Bertz CT molecular complexity index is 1390. The fourth-order valence-electron chi connectivity index (χ4n) is 4.64. The molecule has 3 heterocycles. The summed E-state index contributed by atoms with van der Waals surface area (Å²) in [7, 11) is 5.95. The van der Waals surface area contributed by atoms with E-state index in [4.69, 9.17) is 0 Å². The lowest BCUT2D eigenvalue weighted by atomic mass is 9.95. The molecule has 0 radical (unpaired) electrons. The summed E-state index contributed by atoms with van der Waals surface area (Å²) in [5.74, 6) is -0.438. The zero-order valence-electron chi connectivity index (χ0n) is 18.6. The summed E-state index contributed by atoms with van der Waals surface area (Å²) in [6.07, 6.45) is 4.54. The van der Waals surface area contributed by atoms with E-state index in [1.165, 1.54) is 4.90 Å². The molecule has 2 amide bonds. The highest BCUT2D eigenvalue weighted by Gasteiger charge is 2.40. The fraction of sp³-hybridized carbons (Fsp3) is 0.231. The van der Waals surface area contributed by atoms with Crippen LogP contribution in [0.5, 0.6) is 0 Å². The molecule has 6 heteroatoms. The number of carbonyl (C=O) groups is 2. The second-order valence-electron chi connectivity index (χ2n) is 8.59. The van der Waals surface area contributed by atoms with Crippen LogP contribution in [0.25, 0.3) is 33.0 Å². The first kappa shape index (κ1) is 20.3. The van der Waals surface area contributed by atoms with E-state index >= 15 is 0 Å². The fourth-order valence-corrected chi connectivity index (χ4v) is 4.64. The van der Waals surface area contributed by atoms with Crippen molar-refractivity contribution in [2.45, 2.75) is 6.42 Å². The lowest BCUT2D eigenvalue weighted by molar-refractivity contribution is -0.136. The van der Waals surface area contributed by atoms with Gasteiger partial charge >= 0.3 is 0 Å². The van der Waals surface area contributed by atoms with Crippen LogP contribution in [0.3, 0.4) is 0 Å². The van der Waals surface area contributed by atoms with Crippen molar-refractivity contribution in [1.82, 2.24) is 19.4 Å². The first-order valence-electron chi connectivity index (χ1n) is 10.8. The molecular weight excluding hydrogens is 400 g/mol. The van der Waals surface area contributed by atoms with Gasteiger partial charge in [-0.25, -0.2) is 0 Å². The van der Waals surface area contributed by atoms with Crippen LogP contribution >= 0.6 is 0 Å². The Morgan fingerprint density at radius 1 is 0.875 bits per heavy atom. The average molecular weight is 427 g/mol. The standard InChI is InChI=1S/C26H26N4O2/c1-28(2)13-8-14-30-25(31)23(19-15-27-21-11-6-4-9-17(19)21)24(26(30)32)20-16-29(3)22-12-7-5-10-18(20)22/h4-7,9-12,15-16,27H,8,13-14H2,1-3H3. The predicted molar refractivity (Wildman–Crippen MR) is 128 cm³/mol. The largest absolute Gasteiger partial charge is 0.361 e. The minimum Gasteiger partial charge on any atom is -0.361 e. The van der Waals surface area contributed by atoms with Crippen molar-refractivity contribution in [3.05, 3.63) is 72.1 Å². The normalized spacial score (nSPS) is 14.7. The Balaban J connectivity index is 1.71. The predicted octanol–water partition coefficient (Wildman–Crippen LogP) is 3.89. The van der Waals surface area contributed by atoms with Crippen LogP contribution in [-0.4, -0.2) is 58.4 Å². The van der Waals surface area contributed by atoms with Crippen LogP contribution in [0, 0.1) is 0 Å². The molecule has 6 nitrogen and oxygen atoms in total. The highest BCUT2D eigenvalue weighted by atomic mass is 16.2. The van der Waals surface area contributed by atoms with Crippen LogP contribution in [0.15, 0.2) is 60.9 Å². The number of imide groups is 1. The lowest BCUT2D eigenvalue weighted by Crippen LogP contribution is -2.34. The Hall–Kier alpha value is -3.64. The minimum atomic E-state index is -0.221. The van der Waals surface area contributed by atoms with Crippen LogP contribution < -0.4 is 0 Å². The maximum atomic E-state index is 13.7. The maximum Gasteiger partial charge on any atom is 0.262 e. The van der Waals surface area contributed by atoms with Gasteiger partial charge in [0.25, 0.3) is 11.8 Å². The Kier molecular flexibility index (Phi) is 4.94. The first-order valence-corrected chi connectivity index (χ1v) is 10.8. The van der Waals surface area contributed by atoms with Gasteiger partial charge in [-0.1, -0.05) is 36.4 Å². The molecular formula is C26H26N4O2. The molecule has 0 fully saturated rings. The summed E-state index contributed by atoms with van der Waals surface area (Å²) in [5, 5.41) is 1.91. The SMILES string of the molecule is CN(C)CCCN1C(=O)C(c2c[nH]c3ccccc23)=C(c2cn(C)c3ccccc23)C1=O. The van der Waals surface area contributed by atoms with Crippen molar-refractivity contribution in [3.8, 4) is 0 Å². The first-order chi connectivity index (χ1) is 15.5. The number of aromatic amines is 1. The van der Waals surface area contributed by atoms with Gasteiger partial charge in [0.2, 0.25) is 0 Å². The number of rotatable bonds is 6. The number of para-hydroxylation sites is 2. The van der Waals surface area contributed by atoms with E-state index in [0.717, 1.165) is 45.9 Å². The number of amides is 2. The molecule has 0 saturated carbocycles. The smallest absolute Gasteiger partial charge is 0.262 e. The van der Waals surface area contributed by atoms with Crippen molar-refractivity contribution in [1.29, 1.82) is 0 Å². The third-order valence-electron chi connectivity index (χ3n) is 6.18. The van der Waals surface area contributed by atoms with Crippen molar-refractivity contribution in [2.75, 3.05) is 27.2 Å². The third kappa shape index (κ3) is 3.15. The molecule has 1 N–H and O–H groups in total. The molecule has 0 unspecified atom stereocenters. The van der Waals surface area contributed by atoms with Gasteiger partial charge in [-0.2, -0.15) is 0 Å². The number of aromatic nitrogens is 2. The van der Waals surface area contributed by atoms with Crippen LogP contribution in [0.4, 0.5) is 0 Å². The van der Waals surface area contributed by atoms with E-state index < -0.39 is 0 Å². The van der Waals surface area contributed by atoms with Gasteiger partial charge in [0.1, 0.15) is 0 Å². The van der Waals surface area contributed by atoms with E-state index in [1.54, 1.807) is 0 Å². The summed E-state index contributed by atoms with van der Waals surface area (Å²) in [6.45, 7) is 1.21. The van der Waals surface area contributed by atoms with Gasteiger partial charge in [0, 0.05) is 58.9 Å². The molecule has 162 valence electrons. The van der Waals surface area contributed by atoms with Gasteiger partial charge in [0.15, 0.2) is 0 Å². The topological polar surface area (TPSA) is 61.3 Å². The number of nitrogens with zero attached hydrogens (tertiary/aromatic N) is 3. The molecule has 32 heavy (non-hydrogen) atoms.